The molecule has 0 aliphatic heterocycles. The van der Waals surface area contributed by atoms with Crippen molar-refractivity contribution in [1.82, 2.24) is 0 Å². The highest BCUT2D eigenvalue weighted by atomic mass is 16.6. The first kappa shape index (κ1) is 20.8. The third kappa shape index (κ3) is 3.72. The zero-order chi connectivity index (χ0) is 22.9. The summed E-state index contributed by atoms with van der Waals surface area (Å²) >= 11 is 0. The van der Waals surface area contributed by atoms with Crippen LogP contribution in [0.15, 0.2) is 91.0 Å². The van der Waals surface area contributed by atoms with Crippen LogP contribution in [0.5, 0.6) is 0 Å². The number of benzene rings is 4. The van der Waals surface area contributed by atoms with E-state index in [-0.39, 0.29) is 12.5 Å². The molecule has 1 amide bonds. The zero-order valence-corrected chi connectivity index (χ0v) is 18.1. The lowest BCUT2D eigenvalue weighted by atomic mass is 9.98. The normalized spacial score (nSPS) is 13.2. The average Bonchev–Trinajstić information content (AvgIpc) is 3.16. The van der Waals surface area contributed by atoms with Gasteiger partial charge in [-0.05, 0) is 52.1 Å². The quantitative estimate of drug-likeness (QED) is 0.412. The van der Waals surface area contributed by atoms with Crippen LogP contribution in [-0.2, 0) is 9.53 Å². The summed E-state index contributed by atoms with van der Waals surface area (Å²) in [5, 5.41) is 11.6. The third-order valence-electron chi connectivity index (χ3n) is 6.29. The summed E-state index contributed by atoms with van der Waals surface area (Å²) in [5.41, 5.74) is 4.98. The van der Waals surface area contributed by atoms with Crippen molar-refractivity contribution in [3.05, 3.63) is 102 Å². The molecule has 4 aromatic rings. The standard InChI is InChI=1S/C28H23NO4/c1-18(27(30)31)29(21-15-14-19-8-2-3-9-20(19)16-21)28(32)33-17-26-24-12-6-4-10-22(24)23-11-5-7-13-25(23)26/h2-16,18,26H,17H2,1H3,(H,30,31). The lowest BCUT2D eigenvalue weighted by Gasteiger charge is -2.27. The fourth-order valence-corrected chi connectivity index (χ4v) is 4.59. The summed E-state index contributed by atoms with van der Waals surface area (Å²) in [6, 6.07) is 28.3. The van der Waals surface area contributed by atoms with Gasteiger partial charge in [-0.15, -0.1) is 0 Å². The van der Waals surface area contributed by atoms with Gasteiger partial charge in [0.15, 0.2) is 0 Å². The maximum absolute atomic E-state index is 13.2. The number of hydrogen-bond acceptors (Lipinski definition) is 3. The molecule has 5 nitrogen and oxygen atoms in total. The van der Waals surface area contributed by atoms with E-state index in [1.807, 2.05) is 60.7 Å². The van der Waals surface area contributed by atoms with Crippen molar-refractivity contribution >= 4 is 28.5 Å². The van der Waals surface area contributed by atoms with Crippen LogP contribution in [0.1, 0.15) is 24.0 Å². The number of ether oxygens (including phenoxy) is 1. The highest BCUT2D eigenvalue weighted by molar-refractivity contribution is 5.97. The second kappa shape index (κ2) is 8.43. The van der Waals surface area contributed by atoms with Gasteiger partial charge in [-0.3, -0.25) is 4.90 Å². The van der Waals surface area contributed by atoms with Crippen LogP contribution in [-0.4, -0.2) is 29.8 Å². The molecule has 0 spiro atoms. The maximum atomic E-state index is 13.2. The molecule has 1 aliphatic carbocycles. The number of hydrogen-bond donors (Lipinski definition) is 1. The van der Waals surface area contributed by atoms with E-state index in [4.69, 9.17) is 4.74 Å². The first-order chi connectivity index (χ1) is 16.0. The van der Waals surface area contributed by atoms with Crippen molar-refractivity contribution in [3.8, 4) is 11.1 Å². The van der Waals surface area contributed by atoms with Crippen LogP contribution in [0.3, 0.4) is 0 Å². The molecule has 1 aliphatic rings. The number of fused-ring (bicyclic) bond motifs is 4. The molecule has 5 rings (SSSR count). The van der Waals surface area contributed by atoms with Crippen LogP contribution in [0.2, 0.25) is 0 Å². The molecule has 0 aromatic heterocycles. The van der Waals surface area contributed by atoms with Crippen LogP contribution in [0.4, 0.5) is 10.5 Å². The van der Waals surface area contributed by atoms with E-state index in [1.54, 1.807) is 6.07 Å². The summed E-state index contributed by atoms with van der Waals surface area (Å²) < 4.78 is 5.76. The molecular formula is C28H23NO4. The second-order valence-electron chi connectivity index (χ2n) is 8.22. The highest BCUT2D eigenvalue weighted by Crippen LogP contribution is 2.44. The summed E-state index contributed by atoms with van der Waals surface area (Å²) in [6.45, 7) is 1.61. The van der Waals surface area contributed by atoms with Crippen LogP contribution >= 0.6 is 0 Å². The molecule has 0 radical (unpaired) electrons. The average molecular weight is 437 g/mol. The molecule has 5 heteroatoms. The van der Waals surface area contributed by atoms with Crippen molar-refractivity contribution in [2.45, 2.75) is 18.9 Å². The van der Waals surface area contributed by atoms with Crippen LogP contribution < -0.4 is 4.90 Å². The minimum Gasteiger partial charge on any atom is -0.480 e. The summed E-state index contributed by atoms with van der Waals surface area (Å²) in [5.74, 6) is -1.20. The van der Waals surface area contributed by atoms with Crippen molar-refractivity contribution in [1.29, 1.82) is 0 Å². The van der Waals surface area contributed by atoms with Crippen LogP contribution in [0.25, 0.3) is 21.9 Å². The van der Waals surface area contributed by atoms with Gasteiger partial charge in [-0.2, -0.15) is 0 Å². The molecule has 164 valence electrons. The second-order valence-corrected chi connectivity index (χ2v) is 8.22. The Morgan fingerprint density at radius 2 is 1.42 bits per heavy atom. The Morgan fingerprint density at radius 3 is 2.06 bits per heavy atom. The monoisotopic (exact) mass is 437 g/mol. The molecule has 1 atom stereocenters. The predicted molar refractivity (Wildman–Crippen MR) is 129 cm³/mol. The molecule has 0 bridgehead atoms. The lowest BCUT2D eigenvalue weighted by molar-refractivity contribution is -0.138. The Bertz CT molecular complexity index is 1320. The largest absolute Gasteiger partial charge is 0.480 e. The number of anilines is 1. The van der Waals surface area contributed by atoms with Gasteiger partial charge in [0.1, 0.15) is 12.6 Å². The Labute approximate surface area is 191 Å². The van der Waals surface area contributed by atoms with E-state index >= 15 is 0 Å². The van der Waals surface area contributed by atoms with Crippen molar-refractivity contribution < 1.29 is 19.4 Å². The molecule has 33 heavy (non-hydrogen) atoms. The highest BCUT2D eigenvalue weighted by Gasteiger charge is 2.32. The minimum atomic E-state index is -1.10. The Hall–Kier alpha value is -4.12. The minimum absolute atomic E-state index is 0.0973. The number of amides is 1. The number of carbonyl (C=O) groups is 2. The maximum Gasteiger partial charge on any atom is 0.415 e. The van der Waals surface area contributed by atoms with E-state index in [2.05, 4.69) is 24.3 Å². The fourth-order valence-electron chi connectivity index (χ4n) is 4.59. The van der Waals surface area contributed by atoms with Crippen LogP contribution in [0, 0.1) is 0 Å². The number of carbonyl (C=O) groups excluding carboxylic acids is 1. The van der Waals surface area contributed by atoms with E-state index in [1.165, 1.54) is 11.8 Å². The molecule has 0 saturated heterocycles. The van der Waals surface area contributed by atoms with E-state index in [0.717, 1.165) is 33.0 Å². The van der Waals surface area contributed by atoms with Gasteiger partial charge in [0.05, 0.1) is 0 Å². The predicted octanol–water partition coefficient (Wildman–Crippen LogP) is 6.07. The number of nitrogens with zero attached hydrogens (tertiary/aromatic N) is 1. The van der Waals surface area contributed by atoms with E-state index < -0.39 is 18.1 Å². The number of aliphatic carboxylic acids is 1. The molecule has 0 heterocycles. The Kier molecular flexibility index (Phi) is 5.31. The van der Waals surface area contributed by atoms with E-state index in [9.17, 15) is 14.7 Å². The number of carboxylic acid groups (broad SMARTS) is 1. The summed E-state index contributed by atoms with van der Waals surface area (Å²) in [7, 11) is 0. The molecule has 1 N–H and O–H groups in total. The molecule has 1 unspecified atom stereocenters. The third-order valence-corrected chi connectivity index (χ3v) is 6.29. The summed E-state index contributed by atoms with van der Waals surface area (Å²) in [4.78, 5) is 26.3. The molecular weight excluding hydrogens is 414 g/mol. The number of carboxylic acids is 1. The van der Waals surface area contributed by atoms with Gasteiger partial charge in [-0.1, -0.05) is 78.9 Å². The molecule has 0 saturated carbocycles. The molecule has 0 fully saturated rings. The lowest BCUT2D eigenvalue weighted by Crippen LogP contribution is -2.44. The van der Waals surface area contributed by atoms with Crippen molar-refractivity contribution in [2.75, 3.05) is 11.5 Å². The van der Waals surface area contributed by atoms with Gasteiger partial charge in [0.25, 0.3) is 0 Å². The summed E-state index contributed by atoms with van der Waals surface area (Å²) in [6.07, 6.45) is -0.679. The van der Waals surface area contributed by atoms with Crippen molar-refractivity contribution in [3.63, 3.8) is 0 Å². The molecule has 4 aromatic carbocycles. The SMILES string of the molecule is CC(C(=O)O)N(C(=O)OCC1c2ccccc2-c2ccccc21)c1ccc2ccccc2c1. The smallest absolute Gasteiger partial charge is 0.415 e. The first-order valence-corrected chi connectivity index (χ1v) is 10.9. The van der Waals surface area contributed by atoms with E-state index in [0.29, 0.717) is 5.69 Å². The first-order valence-electron chi connectivity index (χ1n) is 10.9. The van der Waals surface area contributed by atoms with Gasteiger partial charge in [0.2, 0.25) is 0 Å². The van der Waals surface area contributed by atoms with Gasteiger partial charge in [-0.25, -0.2) is 9.59 Å². The van der Waals surface area contributed by atoms with Crippen molar-refractivity contribution in [2.24, 2.45) is 0 Å². The Balaban J connectivity index is 1.44. The topological polar surface area (TPSA) is 66.8 Å². The van der Waals surface area contributed by atoms with Gasteiger partial charge < -0.3 is 9.84 Å². The number of rotatable bonds is 5. The Morgan fingerprint density at radius 1 is 0.848 bits per heavy atom. The van der Waals surface area contributed by atoms with Gasteiger partial charge in [0, 0.05) is 11.6 Å². The fraction of sp³-hybridized carbons (Fsp3) is 0.143. The van der Waals surface area contributed by atoms with Gasteiger partial charge >= 0.3 is 12.1 Å². The zero-order valence-electron chi connectivity index (χ0n) is 18.1.